The van der Waals surface area contributed by atoms with Crippen molar-refractivity contribution in [1.29, 1.82) is 0 Å². The SMILES string of the molecule is CC(C)(C)c1ccc(CCC(CN)c2ccccc2)cc1. The van der Waals surface area contributed by atoms with Crippen LogP contribution >= 0.6 is 0 Å². The second kappa shape index (κ2) is 6.91. The number of hydrogen-bond donors (Lipinski definition) is 1. The smallest absolute Gasteiger partial charge is 0.000812 e. The maximum absolute atomic E-state index is 5.95. The maximum Gasteiger partial charge on any atom is -0.000812 e. The predicted octanol–water partition coefficient (Wildman–Crippen LogP) is 4.66. The lowest BCUT2D eigenvalue weighted by Gasteiger charge is -2.19. The van der Waals surface area contributed by atoms with Gasteiger partial charge in [-0.1, -0.05) is 75.4 Å². The lowest BCUT2D eigenvalue weighted by Crippen LogP contribution is -2.13. The van der Waals surface area contributed by atoms with Gasteiger partial charge in [0, 0.05) is 0 Å². The summed E-state index contributed by atoms with van der Waals surface area (Å²) in [7, 11) is 0. The van der Waals surface area contributed by atoms with Crippen LogP contribution in [0.3, 0.4) is 0 Å². The molecule has 1 heteroatoms. The van der Waals surface area contributed by atoms with Gasteiger partial charge >= 0.3 is 0 Å². The molecule has 0 fully saturated rings. The number of benzene rings is 2. The number of rotatable bonds is 5. The Balaban J connectivity index is 1.99. The van der Waals surface area contributed by atoms with E-state index < -0.39 is 0 Å². The molecule has 0 heterocycles. The maximum atomic E-state index is 5.95. The molecule has 1 nitrogen and oxygen atoms in total. The van der Waals surface area contributed by atoms with Gasteiger partial charge in [-0.05, 0) is 47.4 Å². The molecule has 21 heavy (non-hydrogen) atoms. The molecule has 0 aliphatic rings. The van der Waals surface area contributed by atoms with Gasteiger partial charge in [0.05, 0.1) is 0 Å². The quantitative estimate of drug-likeness (QED) is 0.847. The van der Waals surface area contributed by atoms with Crippen LogP contribution < -0.4 is 5.73 Å². The molecule has 2 rings (SSSR count). The minimum absolute atomic E-state index is 0.225. The highest BCUT2D eigenvalue weighted by Gasteiger charge is 2.13. The minimum atomic E-state index is 0.225. The molecule has 0 saturated heterocycles. The summed E-state index contributed by atoms with van der Waals surface area (Å²) in [6.45, 7) is 7.47. The van der Waals surface area contributed by atoms with E-state index in [1.807, 2.05) is 0 Å². The van der Waals surface area contributed by atoms with Gasteiger partial charge in [-0.25, -0.2) is 0 Å². The van der Waals surface area contributed by atoms with Gasteiger partial charge in [0.1, 0.15) is 0 Å². The van der Waals surface area contributed by atoms with Crippen molar-refractivity contribution in [2.45, 2.75) is 44.9 Å². The zero-order valence-corrected chi connectivity index (χ0v) is 13.5. The molecular weight excluding hydrogens is 254 g/mol. The lowest BCUT2D eigenvalue weighted by molar-refractivity contribution is 0.589. The van der Waals surface area contributed by atoms with Crippen LogP contribution in [0.1, 0.15) is 49.8 Å². The Bertz CT molecular complexity index is 534. The van der Waals surface area contributed by atoms with Crippen LogP contribution in [0.4, 0.5) is 0 Å². The Morgan fingerprint density at radius 2 is 1.52 bits per heavy atom. The van der Waals surface area contributed by atoms with E-state index in [0.29, 0.717) is 12.5 Å². The van der Waals surface area contributed by atoms with E-state index >= 15 is 0 Å². The van der Waals surface area contributed by atoms with E-state index in [1.165, 1.54) is 16.7 Å². The highest BCUT2D eigenvalue weighted by molar-refractivity contribution is 5.28. The van der Waals surface area contributed by atoms with Gasteiger partial charge in [-0.3, -0.25) is 0 Å². The van der Waals surface area contributed by atoms with Gasteiger partial charge in [0.2, 0.25) is 0 Å². The average Bonchev–Trinajstić information content (AvgIpc) is 2.48. The molecule has 0 aromatic heterocycles. The first-order valence-corrected chi connectivity index (χ1v) is 7.85. The van der Waals surface area contributed by atoms with E-state index in [1.54, 1.807) is 0 Å². The lowest BCUT2D eigenvalue weighted by atomic mass is 9.86. The molecule has 2 aromatic carbocycles. The molecule has 1 atom stereocenters. The van der Waals surface area contributed by atoms with Crippen LogP contribution in [-0.2, 0) is 11.8 Å². The first-order chi connectivity index (χ1) is 10.0. The summed E-state index contributed by atoms with van der Waals surface area (Å²) >= 11 is 0. The molecule has 0 bridgehead atoms. The van der Waals surface area contributed by atoms with E-state index in [2.05, 4.69) is 75.4 Å². The second-order valence-electron chi connectivity index (χ2n) is 6.83. The molecule has 112 valence electrons. The average molecular weight is 281 g/mol. The summed E-state index contributed by atoms with van der Waals surface area (Å²) in [6.07, 6.45) is 2.19. The number of aryl methyl sites for hydroxylation is 1. The Morgan fingerprint density at radius 3 is 2.05 bits per heavy atom. The molecule has 0 saturated carbocycles. The molecule has 2 aromatic rings. The van der Waals surface area contributed by atoms with E-state index in [-0.39, 0.29) is 5.41 Å². The second-order valence-corrected chi connectivity index (χ2v) is 6.83. The summed E-state index contributed by atoms with van der Waals surface area (Å²) in [6, 6.07) is 19.7. The van der Waals surface area contributed by atoms with Crippen molar-refractivity contribution in [3.05, 3.63) is 71.3 Å². The Morgan fingerprint density at radius 1 is 0.905 bits per heavy atom. The third kappa shape index (κ3) is 4.44. The van der Waals surface area contributed by atoms with Crippen LogP contribution in [-0.4, -0.2) is 6.54 Å². The summed E-state index contributed by atoms with van der Waals surface area (Å²) in [5, 5.41) is 0. The molecule has 0 aliphatic heterocycles. The summed E-state index contributed by atoms with van der Waals surface area (Å²) < 4.78 is 0. The fraction of sp³-hybridized carbons (Fsp3) is 0.400. The highest BCUT2D eigenvalue weighted by Crippen LogP contribution is 2.24. The van der Waals surface area contributed by atoms with Crippen molar-refractivity contribution in [2.75, 3.05) is 6.54 Å². The Hall–Kier alpha value is -1.60. The number of hydrogen-bond acceptors (Lipinski definition) is 1. The van der Waals surface area contributed by atoms with Gasteiger partial charge in [-0.15, -0.1) is 0 Å². The molecule has 0 spiro atoms. The zero-order chi connectivity index (χ0) is 15.3. The fourth-order valence-corrected chi connectivity index (χ4v) is 2.66. The van der Waals surface area contributed by atoms with Gasteiger partial charge in [0.15, 0.2) is 0 Å². The van der Waals surface area contributed by atoms with Gasteiger partial charge in [0.25, 0.3) is 0 Å². The molecule has 0 radical (unpaired) electrons. The molecule has 0 amide bonds. The van der Waals surface area contributed by atoms with Crippen molar-refractivity contribution < 1.29 is 0 Å². The predicted molar refractivity (Wildman–Crippen MR) is 91.7 cm³/mol. The topological polar surface area (TPSA) is 26.0 Å². The van der Waals surface area contributed by atoms with E-state index in [0.717, 1.165) is 12.8 Å². The first kappa shape index (κ1) is 15.8. The van der Waals surface area contributed by atoms with Crippen LogP contribution in [0.15, 0.2) is 54.6 Å². The van der Waals surface area contributed by atoms with Crippen LogP contribution in [0.25, 0.3) is 0 Å². The summed E-state index contributed by atoms with van der Waals surface area (Å²) in [5.41, 5.74) is 10.3. The van der Waals surface area contributed by atoms with Crippen molar-refractivity contribution >= 4 is 0 Å². The summed E-state index contributed by atoms with van der Waals surface area (Å²) in [4.78, 5) is 0. The van der Waals surface area contributed by atoms with Crippen molar-refractivity contribution in [3.63, 3.8) is 0 Å². The third-order valence-corrected chi connectivity index (χ3v) is 4.16. The minimum Gasteiger partial charge on any atom is -0.330 e. The molecular formula is C20H27N. The van der Waals surface area contributed by atoms with Crippen LogP contribution in [0.5, 0.6) is 0 Å². The first-order valence-electron chi connectivity index (χ1n) is 7.85. The monoisotopic (exact) mass is 281 g/mol. The number of nitrogens with two attached hydrogens (primary N) is 1. The van der Waals surface area contributed by atoms with E-state index in [9.17, 15) is 0 Å². The van der Waals surface area contributed by atoms with Crippen molar-refractivity contribution in [2.24, 2.45) is 5.73 Å². The molecule has 1 unspecified atom stereocenters. The van der Waals surface area contributed by atoms with Gasteiger partial charge in [-0.2, -0.15) is 0 Å². The standard InChI is InChI=1S/C20H27N/c1-20(2,3)19-13-10-16(11-14-19)9-12-18(15-21)17-7-5-4-6-8-17/h4-8,10-11,13-14,18H,9,12,15,21H2,1-3H3. The van der Waals surface area contributed by atoms with E-state index in [4.69, 9.17) is 5.73 Å². The fourth-order valence-electron chi connectivity index (χ4n) is 2.66. The van der Waals surface area contributed by atoms with Crippen LogP contribution in [0.2, 0.25) is 0 Å². The van der Waals surface area contributed by atoms with Crippen molar-refractivity contribution in [1.82, 2.24) is 0 Å². The summed E-state index contributed by atoms with van der Waals surface area (Å²) in [5.74, 6) is 0.452. The van der Waals surface area contributed by atoms with Gasteiger partial charge < -0.3 is 5.73 Å². The normalized spacial score (nSPS) is 13.1. The highest BCUT2D eigenvalue weighted by atomic mass is 14.5. The Labute approximate surface area is 129 Å². The Kier molecular flexibility index (Phi) is 5.19. The van der Waals surface area contributed by atoms with Crippen molar-refractivity contribution in [3.8, 4) is 0 Å². The zero-order valence-electron chi connectivity index (χ0n) is 13.5. The molecule has 0 aliphatic carbocycles. The van der Waals surface area contributed by atoms with Crippen LogP contribution in [0, 0.1) is 0 Å². The largest absolute Gasteiger partial charge is 0.330 e. The molecule has 2 N–H and O–H groups in total. The third-order valence-electron chi connectivity index (χ3n) is 4.16.